The number of hydrogen-bond donors (Lipinski definition) is 1. The van der Waals surface area contributed by atoms with Crippen molar-refractivity contribution in [2.75, 3.05) is 5.32 Å². The fourth-order valence-electron chi connectivity index (χ4n) is 1.80. The van der Waals surface area contributed by atoms with E-state index in [9.17, 15) is 9.59 Å². The van der Waals surface area contributed by atoms with E-state index in [0.717, 1.165) is 0 Å². The molecule has 2 rings (SSSR count). The lowest BCUT2D eigenvalue weighted by atomic mass is 10.1. The lowest BCUT2D eigenvalue weighted by molar-refractivity contribution is -0.116. The Labute approximate surface area is 116 Å². The van der Waals surface area contributed by atoms with Crippen LogP contribution in [0, 0.1) is 6.92 Å². The lowest BCUT2D eigenvalue weighted by Crippen LogP contribution is -2.16. The van der Waals surface area contributed by atoms with Gasteiger partial charge >= 0.3 is 0 Å². The Morgan fingerprint density at radius 3 is 2.50 bits per heavy atom. The summed E-state index contributed by atoms with van der Waals surface area (Å²) >= 11 is 0. The summed E-state index contributed by atoms with van der Waals surface area (Å²) in [5.74, 6) is 0.683. The Kier molecular flexibility index (Phi) is 4.24. The molecule has 1 aromatic heterocycles. The zero-order valence-electron chi connectivity index (χ0n) is 11.5. The monoisotopic (exact) mass is 272 g/mol. The Morgan fingerprint density at radius 2 is 1.90 bits per heavy atom. The van der Waals surface area contributed by atoms with E-state index in [1.54, 1.807) is 38.2 Å². The highest BCUT2D eigenvalue weighted by Crippen LogP contribution is 2.07. The van der Waals surface area contributed by atoms with Gasteiger partial charge in [0.25, 0.3) is 0 Å². The SMILES string of the molecule is Cc1nc(NC(=O)CCC(=O)c2ccccc2)n(C)n1. The van der Waals surface area contributed by atoms with Gasteiger partial charge in [0.05, 0.1) is 0 Å². The highest BCUT2D eigenvalue weighted by Gasteiger charge is 2.11. The van der Waals surface area contributed by atoms with Crippen molar-refractivity contribution in [1.82, 2.24) is 14.8 Å². The van der Waals surface area contributed by atoms with Crippen LogP contribution in [0.3, 0.4) is 0 Å². The highest BCUT2D eigenvalue weighted by molar-refractivity contribution is 5.99. The topological polar surface area (TPSA) is 76.9 Å². The Morgan fingerprint density at radius 1 is 1.20 bits per heavy atom. The van der Waals surface area contributed by atoms with Gasteiger partial charge in [-0.25, -0.2) is 4.68 Å². The third-order valence-corrected chi connectivity index (χ3v) is 2.80. The maximum atomic E-state index is 11.9. The normalized spacial score (nSPS) is 10.3. The molecule has 0 radical (unpaired) electrons. The van der Waals surface area contributed by atoms with Crippen LogP contribution >= 0.6 is 0 Å². The van der Waals surface area contributed by atoms with Gasteiger partial charge in [0.1, 0.15) is 5.82 Å². The van der Waals surface area contributed by atoms with Gasteiger partial charge in [-0.15, -0.1) is 0 Å². The molecule has 0 aliphatic rings. The summed E-state index contributed by atoms with van der Waals surface area (Å²) in [6.45, 7) is 1.74. The number of benzene rings is 1. The minimum absolute atomic E-state index is 0.0464. The molecule has 1 heterocycles. The van der Waals surface area contributed by atoms with Crippen LogP contribution in [0.5, 0.6) is 0 Å². The molecule has 2 aromatic rings. The first kappa shape index (κ1) is 13.9. The van der Waals surface area contributed by atoms with Gasteiger partial charge in [-0.1, -0.05) is 30.3 Å². The molecule has 0 unspecified atom stereocenters. The van der Waals surface area contributed by atoms with E-state index in [1.165, 1.54) is 4.68 Å². The van der Waals surface area contributed by atoms with E-state index in [1.807, 2.05) is 6.07 Å². The standard InChI is InChI=1S/C14H16N4O2/c1-10-15-14(18(2)17-10)16-13(20)9-8-12(19)11-6-4-3-5-7-11/h3-7H,8-9H2,1-2H3,(H,15,16,17,20). The molecule has 6 heteroatoms. The molecule has 0 spiro atoms. The molecule has 0 saturated heterocycles. The first-order chi connectivity index (χ1) is 9.56. The minimum atomic E-state index is -0.246. The number of Topliss-reactive ketones (excluding diaryl/α,β-unsaturated/α-hetero) is 1. The second-order valence-electron chi connectivity index (χ2n) is 4.44. The average molecular weight is 272 g/mol. The lowest BCUT2D eigenvalue weighted by Gasteiger charge is -2.03. The summed E-state index contributed by atoms with van der Waals surface area (Å²) in [6.07, 6.45) is 0.298. The predicted octanol–water partition coefficient (Wildman–Crippen LogP) is 1.73. The molecule has 0 aliphatic heterocycles. The maximum absolute atomic E-state index is 11.9. The number of carbonyl (C=O) groups is 2. The second kappa shape index (κ2) is 6.10. The van der Waals surface area contributed by atoms with Gasteiger partial charge < -0.3 is 0 Å². The number of rotatable bonds is 5. The van der Waals surface area contributed by atoms with Gasteiger partial charge in [-0.05, 0) is 6.92 Å². The zero-order chi connectivity index (χ0) is 14.5. The van der Waals surface area contributed by atoms with Crippen LogP contribution in [0.25, 0.3) is 0 Å². The molecule has 6 nitrogen and oxygen atoms in total. The van der Waals surface area contributed by atoms with Crippen molar-refractivity contribution in [1.29, 1.82) is 0 Å². The van der Waals surface area contributed by atoms with Crippen molar-refractivity contribution in [3.05, 3.63) is 41.7 Å². The van der Waals surface area contributed by atoms with Gasteiger partial charge in [-0.3, -0.25) is 14.9 Å². The molecule has 0 aliphatic carbocycles. The number of nitrogens with one attached hydrogen (secondary N) is 1. The minimum Gasteiger partial charge on any atom is -0.295 e. The van der Waals surface area contributed by atoms with Crippen LogP contribution in [0.4, 0.5) is 5.95 Å². The summed E-state index contributed by atoms with van der Waals surface area (Å²) in [4.78, 5) is 27.7. The van der Waals surface area contributed by atoms with E-state index in [2.05, 4.69) is 15.4 Å². The summed E-state index contributed by atoms with van der Waals surface area (Å²) in [6, 6.07) is 8.93. The summed E-state index contributed by atoms with van der Waals surface area (Å²) < 4.78 is 1.49. The van der Waals surface area contributed by atoms with Crippen molar-refractivity contribution in [2.24, 2.45) is 7.05 Å². The largest absolute Gasteiger partial charge is 0.295 e. The van der Waals surface area contributed by atoms with E-state index >= 15 is 0 Å². The van der Waals surface area contributed by atoms with Crippen LogP contribution in [0.1, 0.15) is 29.0 Å². The van der Waals surface area contributed by atoms with Crippen molar-refractivity contribution in [2.45, 2.75) is 19.8 Å². The van der Waals surface area contributed by atoms with E-state index in [-0.39, 0.29) is 24.5 Å². The third kappa shape index (κ3) is 3.50. The van der Waals surface area contributed by atoms with E-state index in [0.29, 0.717) is 17.3 Å². The number of anilines is 1. The molecular formula is C14H16N4O2. The number of hydrogen-bond acceptors (Lipinski definition) is 4. The van der Waals surface area contributed by atoms with Crippen LogP contribution < -0.4 is 5.32 Å². The molecule has 1 N–H and O–H groups in total. The molecule has 1 aromatic carbocycles. The fourth-order valence-corrected chi connectivity index (χ4v) is 1.80. The summed E-state index contributed by atoms with van der Waals surface area (Å²) in [7, 11) is 1.70. The Balaban J connectivity index is 1.87. The van der Waals surface area contributed by atoms with Crippen LogP contribution in [0.15, 0.2) is 30.3 Å². The summed E-state index contributed by atoms with van der Waals surface area (Å²) in [5, 5.41) is 6.67. The smallest absolute Gasteiger partial charge is 0.227 e. The van der Waals surface area contributed by atoms with Crippen molar-refractivity contribution in [3.8, 4) is 0 Å². The maximum Gasteiger partial charge on any atom is 0.227 e. The first-order valence-corrected chi connectivity index (χ1v) is 6.32. The Hall–Kier alpha value is -2.50. The molecule has 0 fully saturated rings. The van der Waals surface area contributed by atoms with Crippen molar-refractivity contribution >= 4 is 17.6 Å². The van der Waals surface area contributed by atoms with Gasteiger partial charge in [0.2, 0.25) is 11.9 Å². The molecule has 20 heavy (non-hydrogen) atoms. The Bertz CT molecular complexity index is 619. The van der Waals surface area contributed by atoms with Crippen LogP contribution in [-0.2, 0) is 11.8 Å². The molecular weight excluding hydrogens is 256 g/mol. The molecule has 0 atom stereocenters. The molecule has 0 bridgehead atoms. The third-order valence-electron chi connectivity index (χ3n) is 2.80. The number of aromatic nitrogens is 3. The number of nitrogens with zero attached hydrogens (tertiary/aromatic N) is 3. The average Bonchev–Trinajstić information content (AvgIpc) is 2.75. The number of carbonyl (C=O) groups excluding carboxylic acids is 2. The van der Waals surface area contributed by atoms with Gasteiger partial charge in [0, 0.05) is 25.5 Å². The van der Waals surface area contributed by atoms with Crippen LogP contribution in [-0.4, -0.2) is 26.5 Å². The zero-order valence-corrected chi connectivity index (χ0v) is 11.5. The van der Waals surface area contributed by atoms with E-state index < -0.39 is 0 Å². The molecule has 0 saturated carbocycles. The second-order valence-corrected chi connectivity index (χ2v) is 4.44. The van der Waals surface area contributed by atoms with Gasteiger partial charge in [0.15, 0.2) is 5.78 Å². The van der Waals surface area contributed by atoms with Gasteiger partial charge in [-0.2, -0.15) is 10.1 Å². The predicted molar refractivity (Wildman–Crippen MR) is 74.4 cm³/mol. The number of amides is 1. The van der Waals surface area contributed by atoms with Crippen molar-refractivity contribution in [3.63, 3.8) is 0 Å². The molecule has 1 amide bonds. The number of aryl methyl sites for hydroxylation is 2. The first-order valence-electron chi connectivity index (χ1n) is 6.32. The highest BCUT2D eigenvalue weighted by atomic mass is 16.2. The number of ketones is 1. The summed E-state index contributed by atoms with van der Waals surface area (Å²) in [5.41, 5.74) is 0.620. The van der Waals surface area contributed by atoms with E-state index in [4.69, 9.17) is 0 Å². The van der Waals surface area contributed by atoms with Crippen LogP contribution in [0.2, 0.25) is 0 Å². The quantitative estimate of drug-likeness (QED) is 0.841. The van der Waals surface area contributed by atoms with Crippen molar-refractivity contribution < 1.29 is 9.59 Å². The fraction of sp³-hybridized carbons (Fsp3) is 0.286. The molecule has 104 valence electrons.